The smallest absolute Gasteiger partial charge is 0.177 e. The van der Waals surface area contributed by atoms with Crippen molar-refractivity contribution in [3.8, 4) is 0 Å². The lowest BCUT2D eigenvalue weighted by molar-refractivity contribution is 0.501. The van der Waals surface area contributed by atoms with Crippen molar-refractivity contribution in [2.75, 3.05) is 0 Å². The topological polar surface area (TPSA) is 50.4 Å². The van der Waals surface area contributed by atoms with Crippen LogP contribution in [0.1, 0.15) is 13.8 Å². The number of thiocarbonyl (C=S) groups is 1. The minimum atomic E-state index is -0.741. The number of isothiocyanates is 1. The third-order valence-electron chi connectivity index (χ3n) is 2.10. The van der Waals surface area contributed by atoms with Gasteiger partial charge in [0.25, 0.3) is 0 Å². The Morgan fingerprint density at radius 2 is 2.29 bits per heavy atom. The summed E-state index contributed by atoms with van der Waals surface area (Å²) in [4.78, 5) is 4.07. The zero-order valence-electron chi connectivity index (χ0n) is 8.24. The number of nitrogens with one attached hydrogen (secondary N) is 1. The normalized spacial score (nSPS) is 24.6. The number of allylic oxidation sites excluding steroid dienone is 3. The number of rotatable bonds is 2. The molecule has 3 N–H and O–H groups in total. The first kappa shape index (κ1) is 11.0. The molecule has 1 aliphatic carbocycles. The first-order valence-electron chi connectivity index (χ1n) is 4.27. The lowest BCUT2D eigenvalue weighted by Crippen LogP contribution is -2.48. The van der Waals surface area contributed by atoms with Crippen LogP contribution < -0.4 is 11.3 Å². The third kappa shape index (κ3) is 1.89. The van der Waals surface area contributed by atoms with Gasteiger partial charge in [-0.1, -0.05) is 23.8 Å². The molecular formula is C10H13N3S. The zero-order valence-corrected chi connectivity index (χ0v) is 9.06. The van der Waals surface area contributed by atoms with Gasteiger partial charge in [-0.05, 0) is 37.7 Å². The van der Waals surface area contributed by atoms with Crippen LogP contribution >= 0.6 is 12.2 Å². The number of nitrogens with two attached hydrogens (primary N) is 1. The van der Waals surface area contributed by atoms with Crippen molar-refractivity contribution in [1.82, 2.24) is 5.43 Å². The van der Waals surface area contributed by atoms with Gasteiger partial charge in [-0.25, -0.2) is 5.43 Å². The number of hydrogen-bond acceptors (Lipinski definition) is 4. The van der Waals surface area contributed by atoms with Crippen molar-refractivity contribution in [3.05, 3.63) is 35.5 Å². The Kier molecular flexibility index (Phi) is 3.49. The summed E-state index contributed by atoms with van der Waals surface area (Å²) in [6.45, 7) is 4.01. The average molecular weight is 207 g/mol. The van der Waals surface area contributed by atoms with Gasteiger partial charge in [0.1, 0.15) is 0 Å². The van der Waals surface area contributed by atoms with Crippen molar-refractivity contribution >= 4 is 17.4 Å². The minimum absolute atomic E-state index is 0.741. The predicted octanol–water partition coefficient (Wildman–Crippen LogP) is 1.71. The van der Waals surface area contributed by atoms with Gasteiger partial charge in [0, 0.05) is 0 Å². The number of aliphatic imine (C=N–C) groups is 1. The standard InChI is InChI=1S/C10H13N3S/c1-8(2)9-5-3-4-6-10(9,13-11)12-7-14/h3-6,13H,11H2,1-2H3. The minimum Gasteiger partial charge on any atom is -0.269 e. The van der Waals surface area contributed by atoms with E-state index in [0.717, 1.165) is 11.1 Å². The predicted molar refractivity (Wildman–Crippen MR) is 61.7 cm³/mol. The first-order valence-corrected chi connectivity index (χ1v) is 4.68. The molecule has 0 aliphatic heterocycles. The summed E-state index contributed by atoms with van der Waals surface area (Å²) < 4.78 is 0. The lowest BCUT2D eigenvalue weighted by atomic mass is 9.92. The Hall–Kier alpha value is -1.06. The van der Waals surface area contributed by atoms with Crippen LogP contribution in [0, 0.1) is 0 Å². The van der Waals surface area contributed by atoms with Crippen molar-refractivity contribution in [2.24, 2.45) is 10.8 Å². The van der Waals surface area contributed by atoms with Crippen LogP contribution in [-0.2, 0) is 0 Å². The molecule has 0 saturated carbocycles. The Morgan fingerprint density at radius 1 is 1.57 bits per heavy atom. The van der Waals surface area contributed by atoms with E-state index in [1.54, 1.807) is 0 Å². The molecule has 14 heavy (non-hydrogen) atoms. The second-order valence-electron chi connectivity index (χ2n) is 3.25. The molecule has 0 fully saturated rings. The third-order valence-corrected chi connectivity index (χ3v) is 2.19. The van der Waals surface area contributed by atoms with E-state index in [1.807, 2.05) is 38.2 Å². The summed E-state index contributed by atoms with van der Waals surface area (Å²) in [5.74, 6) is 5.50. The van der Waals surface area contributed by atoms with E-state index in [9.17, 15) is 0 Å². The molecule has 1 aliphatic rings. The molecule has 0 amide bonds. The molecule has 0 spiro atoms. The largest absolute Gasteiger partial charge is 0.269 e. The second kappa shape index (κ2) is 4.44. The number of nitrogens with zero attached hydrogens (tertiary/aromatic N) is 1. The summed E-state index contributed by atoms with van der Waals surface area (Å²) in [6.07, 6.45) is 7.64. The molecule has 74 valence electrons. The van der Waals surface area contributed by atoms with E-state index in [4.69, 9.17) is 5.84 Å². The van der Waals surface area contributed by atoms with Gasteiger partial charge in [0.15, 0.2) is 5.66 Å². The van der Waals surface area contributed by atoms with E-state index >= 15 is 0 Å². The van der Waals surface area contributed by atoms with Crippen LogP contribution in [0.25, 0.3) is 0 Å². The molecule has 1 unspecified atom stereocenters. The van der Waals surface area contributed by atoms with Crippen LogP contribution in [0.5, 0.6) is 0 Å². The quantitative estimate of drug-likeness (QED) is 0.314. The summed E-state index contributed by atoms with van der Waals surface area (Å²) >= 11 is 4.62. The summed E-state index contributed by atoms with van der Waals surface area (Å²) in [6, 6.07) is 0. The van der Waals surface area contributed by atoms with Crippen LogP contribution in [0.4, 0.5) is 0 Å². The van der Waals surface area contributed by atoms with Gasteiger partial charge >= 0.3 is 0 Å². The SMILES string of the molecule is CC(C)=C1C=CC=CC1(N=C=S)NN. The molecule has 4 heteroatoms. The summed E-state index contributed by atoms with van der Waals surface area (Å²) in [7, 11) is 0. The van der Waals surface area contributed by atoms with Crippen molar-refractivity contribution in [2.45, 2.75) is 19.5 Å². The Bertz CT molecular complexity index is 358. The van der Waals surface area contributed by atoms with Crippen LogP contribution in [0.3, 0.4) is 0 Å². The van der Waals surface area contributed by atoms with E-state index in [-0.39, 0.29) is 0 Å². The maximum absolute atomic E-state index is 5.50. The lowest BCUT2D eigenvalue weighted by Gasteiger charge is -2.28. The maximum Gasteiger partial charge on any atom is 0.177 e. The fourth-order valence-corrected chi connectivity index (χ4v) is 1.58. The summed E-state index contributed by atoms with van der Waals surface area (Å²) in [5.41, 5.74) is 4.05. The number of hydrogen-bond donors (Lipinski definition) is 2. The molecular weight excluding hydrogens is 194 g/mol. The molecule has 0 aromatic carbocycles. The van der Waals surface area contributed by atoms with Gasteiger partial charge in [0.2, 0.25) is 0 Å². The highest BCUT2D eigenvalue weighted by atomic mass is 32.1. The van der Waals surface area contributed by atoms with Crippen molar-refractivity contribution in [3.63, 3.8) is 0 Å². The van der Waals surface area contributed by atoms with Gasteiger partial charge < -0.3 is 0 Å². The molecule has 0 heterocycles. The van der Waals surface area contributed by atoms with Gasteiger partial charge in [-0.2, -0.15) is 4.99 Å². The van der Waals surface area contributed by atoms with E-state index in [0.29, 0.717) is 0 Å². The highest BCUT2D eigenvalue weighted by Crippen LogP contribution is 2.26. The Morgan fingerprint density at radius 3 is 2.79 bits per heavy atom. The van der Waals surface area contributed by atoms with Crippen LogP contribution in [-0.4, -0.2) is 10.8 Å². The van der Waals surface area contributed by atoms with E-state index in [2.05, 4.69) is 27.8 Å². The van der Waals surface area contributed by atoms with Gasteiger partial charge in [-0.3, -0.25) is 5.84 Å². The molecule has 3 nitrogen and oxygen atoms in total. The molecule has 0 radical (unpaired) electrons. The molecule has 0 bridgehead atoms. The van der Waals surface area contributed by atoms with Crippen LogP contribution in [0.2, 0.25) is 0 Å². The molecule has 0 saturated heterocycles. The maximum atomic E-state index is 5.50. The fourth-order valence-electron chi connectivity index (χ4n) is 1.44. The average Bonchev–Trinajstić information content (AvgIpc) is 2.18. The highest BCUT2D eigenvalue weighted by Gasteiger charge is 2.30. The van der Waals surface area contributed by atoms with Gasteiger partial charge in [0.05, 0.1) is 5.16 Å². The summed E-state index contributed by atoms with van der Waals surface area (Å²) in [5, 5.41) is 2.36. The first-order chi connectivity index (χ1) is 6.66. The number of hydrazine groups is 1. The Labute approximate surface area is 89.1 Å². The van der Waals surface area contributed by atoms with E-state index in [1.165, 1.54) is 0 Å². The second-order valence-corrected chi connectivity index (χ2v) is 3.43. The zero-order chi connectivity index (χ0) is 10.6. The molecule has 0 aromatic heterocycles. The molecule has 0 aromatic rings. The van der Waals surface area contributed by atoms with E-state index < -0.39 is 5.66 Å². The van der Waals surface area contributed by atoms with Crippen molar-refractivity contribution < 1.29 is 0 Å². The molecule has 1 atom stereocenters. The monoisotopic (exact) mass is 207 g/mol. The fraction of sp³-hybridized carbons (Fsp3) is 0.300. The van der Waals surface area contributed by atoms with Crippen LogP contribution in [0.15, 0.2) is 40.4 Å². The van der Waals surface area contributed by atoms with Crippen molar-refractivity contribution in [1.29, 1.82) is 0 Å². The van der Waals surface area contributed by atoms with Gasteiger partial charge in [-0.15, -0.1) is 0 Å². The highest BCUT2D eigenvalue weighted by molar-refractivity contribution is 7.78. The molecule has 1 rings (SSSR count). The Balaban J connectivity index is 3.30.